The molecule has 0 aliphatic heterocycles. The van der Waals surface area contributed by atoms with Gasteiger partial charge in [0.1, 0.15) is 11.1 Å². The summed E-state index contributed by atoms with van der Waals surface area (Å²) in [6, 6.07) is 30.6. The number of carbonyl (C=O) groups excluding carboxylic acids is 1. The highest BCUT2D eigenvalue weighted by Gasteiger charge is 2.17. The second-order valence-electron chi connectivity index (χ2n) is 6.92. The lowest BCUT2D eigenvalue weighted by Gasteiger charge is -2.13. The number of nitrogens with one attached hydrogen (secondary N) is 1. The van der Waals surface area contributed by atoms with Crippen LogP contribution in [-0.2, 0) is 4.79 Å². The number of rotatable bonds is 6. The second kappa shape index (κ2) is 10.1. The van der Waals surface area contributed by atoms with Gasteiger partial charge in [-0.2, -0.15) is 5.26 Å². The molecule has 0 fully saturated rings. The summed E-state index contributed by atoms with van der Waals surface area (Å²) in [5, 5.41) is 13.9. The van der Waals surface area contributed by atoms with E-state index in [9.17, 15) is 10.1 Å². The highest BCUT2D eigenvalue weighted by Crippen LogP contribution is 2.34. The van der Waals surface area contributed by atoms with Gasteiger partial charge in [-0.15, -0.1) is 0 Å². The first-order chi connectivity index (χ1) is 15.6. The molecule has 4 rings (SSSR count). The maximum absolute atomic E-state index is 12.5. The normalized spacial score (nSPS) is 10.4. The van der Waals surface area contributed by atoms with Crippen molar-refractivity contribution >= 4 is 35.0 Å². The lowest BCUT2D eigenvalue weighted by atomic mass is 9.99. The van der Waals surface area contributed by atoms with Crippen molar-refractivity contribution in [2.24, 2.45) is 0 Å². The van der Waals surface area contributed by atoms with Crippen LogP contribution < -0.4 is 5.32 Å². The van der Waals surface area contributed by atoms with Crippen molar-refractivity contribution in [2.45, 2.75) is 5.03 Å². The minimum Gasteiger partial charge on any atom is -0.325 e. The number of aromatic nitrogens is 1. The number of benzene rings is 3. The highest BCUT2D eigenvalue weighted by atomic mass is 35.5. The molecule has 0 aliphatic carbocycles. The van der Waals surface area contributed by atoms with Crippen LogP contribution in [0.4, 0.5) is 5.69 Å². The Morgan fingerprint density at radius 1 is 0.938 bits per heavy atom. The fourth-order valence-corrected chi connectivity index (χ4v) is 4.13. The van der Waals surface area contributed by atoms with Gasteiger partial charge < -0.3 is 5.32 Å². The van der Waals surface area contributed by atoms with Crippen LogP contribution in [0.1, 0.15) is 5.56 Å². The van der Waals surface area contributed by atoms with Crippen molar-refractivity contribution in [1.29, 1.82) is 5.26 Å². The third kappa shape index (κ3) is 5.17. The molecule has 1 aromatic heterocycles. The first-order valence-corrected chi connectivity index (χ1v) is 11.2. The molecular weight excluding hydrogens is 438 g/mol. The van der Waals surface area contributed by atoms with Gasteiger partial charge >= 0.3 is 0 Å². The molecule has 32 heavy (non-hydrogen) atoms. The molecule has 0 saturated heterocycles. The molecule has 0 unspecified atom stereocenters. The third-order valence-electron chi connectivity index (χ3n) is 4.72. The summed E-state index contributed by atoms with van der Waals surface area (Å²) in [6.45, 7) is 0. The van der Waals surface area contributed by atoms with Gasteiger partial charge in [0.2, 0.25) is 5.91 Å². The second-order valence-corrected chi connectivity index (χ2v) is 8.32. The number of halogens is 1. The molecule has 1 N–H and O–H groups in total. The molecule has 3 aromatic carbocycles. The van der Waals surface area contributed by atoms with E-state index in [1.807, 2.05) is 78.9 Å². The molecule has 0 radical (unpaired) electrons. The van der Waals surface area contributed by atoms with Crippen LogP contribution in [0.3, 0.4) is 0 Å². The molecule has 156 valence electrons. The van der Waals surface area contributed by atoms with E-state index in [2.05, 4.69) is 11.4 Å². The fraction of sp³-hybridized carbons (Fsp3) is 0.0385. The van der Waals surface area contributed by atoms with E-state index in [1.54, 1.807) is 12.1 Å². The predicted molar refractivity (Wildman–Crippen MR) is 131 cm³/mol. The van der Waals surface area contributed by atoms with Crippen molar-refractivity contribution in [3.63, 3.8) is 0 Å². The molecule has 0 saturated carbocycles. The van der Waals surface area contributed by atoms with E-state index in [0.717, 1.165) is 28.1 Å². The Morgan fingerprint density at radius 2 is 1.59 bits per heavy atom. The number of thioether (sulfide) groups is 1. The number of nitriles is 1. The molecule has 4 aromatic rings. The maximum atomic E-state index is 12.5. The first-order valence-electron chi connectivity index (χ1n) is 9.88. The maximum Gasteiger partial charge on any atom is 0.234 e. The summed E-state index contributed by atoms with van der Waals surface area (Å²) >= 11 is 7.30. The molecular formula is C26H18ClN3OS. The molecule has 0 bridgehead atoms. The van der Waals surface area contributed by atoms with Gasteiger partial charge in [0.25, 0.3) is 0 Å². The molecule has 0 spiro atoms. The zero-order valence-corrected chi connectivity index (χ0v) is 18.5. The zero-order chi connectivity index (χ0) is 22.3. The number of amides is 1. The number of hydrogen-bond acceptors (Lipinski definition) is 4. The smallest absolute Gasteiger partial charge is 0.234 e. The van der Waals surface area contributed by atoms with Gasteiger partial charge in [0, 0.05) is 21.8 Å². The van der Waals surface area contributed by atoms with Gasteiger partial charge in [-0.3, -0.25) is 4.79 Å². The Morgan fingerprint density at radius 3 is 2.25 bits per heavy atom. The fourth-order valence-electron chi connectivity index (χ4n) is 3.20. The molecule has 1 amide bonds. The van der Waals surface area contributed by atoms with Crippen molar-refractivity contribution in [2.75, 3.05) is 11.1 Å². The van der Waals surface area contributed by atoms with E-state index in [0.29, 0.717) is 15.6 Å². The number of pyridine rings is 1. The summed E-state index contributed by atoms with van der Waals surface area (Å²) in [7, 11) is 0. The van der Waals surface area contributed by atoms with Crippen LogP contribution in [0.25, 0.3) is 22.4 Å². The number of para-hydroxylation sites is 1. The van der Waals surface area contributed by atoms with Gasteiger partial charge in [0.15, 0.2) is 0 Å². The van der Waals surface area contributed by atoms with Crippen molar-refractivity contribution in [1.82, 2.24) is 4.98 Å². The van der Waals surface area contributed by atoms with E-state index < -0.39 is 0 Å². The number of nitrogens with zero attached hydrogens (tertiary/aromatic N) is 2. The lowest BCUT2D eigenvalue weighted by molar-refractivity contribution is -0.113. The van der Waals surface area contributed by atoms with Crippen LogP contribution in [0.2, 0.25) is 5.02 Å². The summed E-state index contributed by atoms with van der Waals surface area (Å²) in [6.07, 6.45) is 0. The van der Waals surface area contributed by atoms with E-state index in [-0.39, 0.29) is 11.7 Å². The minimum absolute atomic E-state index is 0.134. The Kier molecular flexibility index (Phi) is 6.86. The van der Waals surface area contributed by atoms with E-state index >= 15 is 0 Å². The Hall–Kier alpha value is -3.59. The Labute approximate surface area is 195 Å². The highest BCUT2D eigenvalue weighted by molar-refractivity contribution is 8.00. The van der Waals surface area contributed by atoms with Gasteiger partial charge in [-0.05, 0) is 35.9 Å². The topological polar surface area (TPSA) is 65.8 Å². The van der Waals surface area contributed by atoms with Crippen molar-refractivity contribution in [3.05, 3.63) is 102 Å². The zero-order valence-electron chi connectivity index (χ0n) is 17.0. The van der Waals surface area contributed by atoms with Crippen LogP contribution in [-0.4, -0.2) is 16.6 Å². The van der Waals surface area contributed by atoms with Crippen LogP contribution in [0.15, 0.2) is 96.0 Å². The van der Waals surface area contributed by atoms with Gasteiger partial charge in [-0.1, -0.05) is 84.0 Å². The summed E-state index contributed by atoms with van der Waals surface area (Å²) < 4.78 is 0. The number of hydrogen-bond donors (Lipinski definition) is 1. The number of carbonyl (C=O) groups is 1. The largest absolute Gasteiger partial charge is 0.325 e. The third-order valence-corrected chi connectivity index (χ3v) is 5.95. The molecule has 0 atom stereocenters. The van der Waals surface area contributed by atoms with Crippen LogP contribution >= 0.6 is 23.4 Å². The minimum atomic E-state index is -0.162. The van der Waals surface area contributed by atoms with Crippen LogP contribution in [0.5, 0.6) is 0 Å². The summed E-state index contributed by atoms with van der Waals surface area (Å²) in [4.78, 5) is 17.2. The van der Waals surface area contributed by atoms with Gasteiger partial charge in [-0.25, -0.2) is 4.98 Å². The van der Waals surface area contributed by atoms with Crippen molar-refractivity contribution in [3.8, 4) is 28.5 Å². The molecule has 4 nitrogen and oxygen atoms in total. The Bertz CT molecular complexity index is 1270. The monoisotopic (exact) mass is 455 g/mol. The summed E-state index contributed by atoms with van der Waals surface area (Å²) in [5.74, 6) is -0.0282. The van der Waals surface area contributed by atoms with Crippen LogP contribution in [0, 0.1) is 11.3 Å². The molecule has 6 heteroatoms. The molecule has 0 aliphatic rings. The lowest BCUT2D eigenvalue weighted by Crippen LogP contribution is -2.14. The van der Waals surface area contributed by atoms with Gasteiger partial charge in [0.05, 0.1) is 17.0 Å². The quantitative estimate of drug-likeness (QED) is 0.329. The number of anilines is 1. The summed E-state index contributed by atoms with van der Waals surface area (Å²) in [5.41, 5.74) is 4.45. The first kappa shape index (κ1) is 21.6. The molecule has 1 heterocycles. The van der Waals surface area contributed by atoms with Crippen molar-refractivity contribution < 1.29 is 4.79 Å². The SMILES string of the molecule is N#Cc1c(-c2ccc(Cl)cc2)cc(-c2ccccc2)nc1SCC(=O)Nc1ccccc1. The predicted octanol–water partition coefficient (Wildman–Crippen LogP) is 6.67. The average Bonchev–Trinajstić information content (AvgIpc) is 2.84. The van der Waals surface area contributed by atoms with E-state index in [1.165, 1.54) is 11.8 Å². The van der Waals surface area contributed by atoms with E-state index in [4.69, 9.17) is 16.6 Å². The standard InChI is InChI=1S/C26H18ClN3OS/c27-20-13-11-18(12-14-20)22-15-24(19-7-3-1-4-8-19)30-26(23(22)16-28)32-17-25(31)29-21-9-5-2-6-10-21/h1-15H,17H2,(H,29,31). The average molecular weight is 456 g/mol. The Balaban J connectivity index is 1.70.